The minimum absolute atomic E-state index is 0.504. The first-order chi connectivity index (χ1) is 9.74. The maximum Gasteiger partial charge on any atom is 0.219 e. The highest BCUT2D eigenvalue weighted by Gasteiger charge is 2.27. The van der Waals surface area contributed by atoms with Crippen molar-refractivity contribution in [2.45, 2.75) is 25.4 Å². The molecule has 1 aliphatic carbocycles. The first-order valence-electron chi connectivity index (χ1n) is 6.68. The molecular formula is C15H16BrN3O. The molecule has 1 N–H and O–H groups in total. The van der Waals surface area contributed by atoms with E-state index < -0.39 is 0 Å². The van der Waals surface area contributed by atoms with Crippen molar-refractivity contribution in [2.24, 2.45) is 0 Å². The van der Waals surface area contributed by atoms with Gasteiger partial charge in [0.05, 0.1) is 0 Å². The summed E-state index contributed by atoms with van der Waals surface area (Å²) >= 11 is 3.46. The molecule has 1 fully saturated rings. The van der Waals surface area contributed by atoms with E-state index in [0.717, 1.165) is 21.7 Å². The van der Waals surface area contributed by atoms with Crippen LogP contribution in [0.25, 0.3) is 0 Å². The number of rotatable bonds is 5. The van der Waals surface area contributed by atoms with Crippen LogP contribution in [0.2, 0.25) is 0 Å². The molecule has 4 nitrogen and oxygen atoms in total. The van der Waals surface area contributed by atoms with Crippen molar-refractivity contribution >= 4 is 21.7 Å². The van der Waals surface area contributed by atoms with E-state index >= 15 is 0 Å². The highest BCUT2D eigenvalue weighted by atomic mass is 79.9. The van der Waals surface area contributed by atoms with Crippen LogP contribution in [0.5, 0.6) is 5.88 Å². The summed E-state index contributed by atoms with van der Waals surface area (Å²) in [5.74, 6) is 2.84. The zero-order valence-corrected chi connectivity index (χ0v) is 12.9. The molecule has 0 aliphatic heterocycles. The molecule has 0 atom stereocenters. The Morgan fingerprint density at radius 1 is 1.30 bits per heavy atom. The molecule has 2 aromatic rings. The molecule has 1 aromatic heterocycles. The van der Waals surface area contributed by atoms with Crippen LogP contribution in [0.1, 0.15) is 30.1 Å². The van der Waals surface area contributed by atoms with E-state index in [9.17, 15) is 0 Å². The van der Waals surface area contributed by atoms with Crippen LogP contribution < -0.4 is 10.1 Å². The first kappa shape index (κ1) is 13.4. The zero-order chi connectivity index (χ0) is 13.9. The topological polar surface area (TPSA) is 47.0 Å². The lowest BCUT2D eigenvalue weighted by Gasteiger charge is -2.09. The highest BCUT2D eigenvalue weighted by Crippen LogP contribution is 2.39. The molecular weight excluding hydrogens is 318 g/mol. The molecule has 3 rings (SSSR count). The van der Waals surface area contributed by atoms with Crippen LogP contribution in [0, 0.1) is 0 Å². The Hall–Kier alpha value is -1.62. The number of nitrogens with zero attached hydrogens (tertiary/aromatic N) is 2. The van der Waals surface area contributed by atoms with Gasteiger partial charge in [-0.3, -0.25) is 0 Å². The number of anilines is 1. The fourth-order valence-corrected chi connectivity index (χ4v) is 2.40. The molecule has 0 amide bonds. The second-order valence-corrected chi connectivity index (χ2v) is 5.81. The maximum atomic E-state index is 5.80. The number of halogens is 1. The van der Waals surface area contributed by atoms with Crippen molar-refractivity contribution in [1.29, 1.82) is 0 Å². The van der Waals surface area contributed by atoms with Crippen LogP contribution in [0.4, 0.5) is 5.82 Å². The number of hydrogen-bond acceptors (Lipinski definition) is 4. The molecule has 1 saturated carbocycles. The largest absolute Gasteiger partial charge is 0.473 e. The highest BCUT2D eigenvalue weighted by molar-refractivity contribution is 9.10. The lowest BCUT2D eigenvalue weighted by atomic mass is 10.2. The van der Waals surface area contributed by atoms with Crippen LogP contribution >= 0.6 is 15.9 Å². The molecule has 1 aliphatic rings. The number of aromatic nitrogens is 2. The maximum absolute atomic E-state index is 5.80. The fourth-order valence-electron chi connectivity index (χ4n) is 1.95. The Morgan fingerprint density at radius 3 is 2.85 bits per heavy atom. The van der Waals surface area contributed by atoms with Gasteiger partial charge in [-0.25, -0.2) is 4.98 Å². The summed E-state index contributed by atoms with van der Waals surface area (Å²) < 4.78 is 6.85. The minimum atomic E-state index is 0.504. The van der Waals surface area contributed by atoms with E-state index in [1.54, 1.807) is 0 Å². The summed E-state index contributed by atoms with van der Waals surface area (Å²) in [5, 5.41) is 3.06. The van der Waals surface area contributed by atoms with Crippen molar-refractivity contribution in [3.63, 3.8) is 0 Å². The number of benzene rings is 1. The summed E-state index contributed by atoms with van der Waals surface area (Å²) in [5.41, 5.74) is 1.11. The van der Waals surface area contributed by atoms with Crippen LogP contribution in [0.15, 0.2) is 34.8 Å². The fraction of sp³-hybridized carbons (Fsp3) is 0.333. The summed E-state index contributed by atoms with van der Waals surface area (Å²) in [7, 11) is 1.86. The Balaban J connectivity index is 1.74. The molecule has 1 heterocycles. The molecule has 0 saturated heterocycles. The smallest absolute Gasteiger partial charge is 0.219 e. The molecule has 0 bridgehead atoms. The van der Waals surface area contributed by atoms with Gasteiger partial charge >= 0.3 is 0 Å². The van der Waals surface area contributed by atoms with E-state index in [2.05, 4.69) is 31.2 Å². The van der Waals surface area contributed by atoms with Crippen LogP contribution in [0.3, 0.4) is 0 Å². The van der Waals surface area contributed by atoms with E-state index in [4.69, 9.17) is 4.74 Å². The zero-order valence-electron chi connectivity index (χ0n) is 11.3. The van der Waals surface area contributed by atoms with Gasteiger partial charge < -0.3 is 10.1 Å². The molecule has 20 heavy (non-hydrogen) atoms. The van der Waals surface area contributed by atoms with E-state index in [1.807, 2.05) is 37.4 Å². The number of ether oxygens (including phenoxy) is 1. The molecule has 5 heteroatoms. The molecule has 104 valence electrons. The Morgan fingerprint density at radius 2 is 2.15 bits per heavy atom. The van der Waals surface area contributed by atoms with Crippen molar-refractivity contribution < 1.29 is 4.74 Å². The standard InChI is InChI=1S/C15H16BrN3O/c1-17-13-8-14(19-15(18-13)11-5-6-11)20-9-10-3-2-4-12(16)7-10/h2-4,7-8,11H,5-6,9H2,1H3,(H,17,18,19). The van der Waals surface area contributed by atoms with Gasteiger partial charge in [0.2, 0.25) is 5.88 Å². The van der Waals surface area contributed by atoms with Gasteiger partial charge in [0.25, 0.3) is 0 Å². The monoisotopic (exact) mass is 333 g/mol. The quantitative estimate of drug-likeness (QED) is 0.905. The lowest BCUT2D eigenvalue weighted by molar-refractivity contribution is 0.292. The van der Waals surface area contributed by atoms with E-state index in [0.29, 0.717) is 18.4 Å². The molecule has 0 spiro atoms. The third-order valence-corrected chi connectivity index (χ3v) is 3.69. The van der Waals surface area contributed by atoms with Gasteiger partial charge in [-0.1, -0.05) is 28.1 Å². The third kappa shape index (κ3) is 3.28. The van der Waals surface area contributed by atoms with Gasteiger partial charge in [0.15, 0.2) is 0 Å². The molecule has 0 radical (unpaired) electrons. The van der Waals surface area contributed by atoms with Gasteiger partial charge in [-0.2, -0.15) is 4.98 Å². The Labute approximate surface area is 126 Å². The van der Waals surface area contributed by atoms with Gasteiger partial charge in [-0.05, 0) is 30.5 Å². The SMILES string of the molecule is CNc1cc(OCc2cccc(Br)c2)nc(C2CC2)n1. The van der Waals surface area contributed by atoms with Crippen molar-refractivity contribution in [1.82, 2.24) is 9.97 Å². The summed E-state index contributed by atoms with van der Waals surface area (Å²) in [4.78, 5) is 8.97. The molecule has 0 unspecified atom stereocenters. The van der Waals surface area contributed by atoms with Crippen molar-refractivity contribution in [3.05, 3.63) is 46.2 Å². The predicted molar refractivity (Wildman–Crippen MR) is 82.0 cm³/mol. The van der Waals surface area contributed by atoms with Crippen molar-refractivity contribution in [2.75, 3.05) is 12.4 Å². The van der Waals surface area contributed by atoms with Crippen LogP contribution in [-0.2, 0) is 6.61 Å². The summed E-state index contributed by atoms with van der Waals surface area (Å²) in [6.45, 7) is 0.504. The number of nitrogens with one attached hydrogen (secondary N) is 1. The number of hydrogen-bond donors (Lipinski definition) is 1. The summed E-state index contributed by atoms with van der Waals surface area (Å²) in [6, 6.07) is 9.91. The molecule has 1 aromatic carbocycles. The third-order valence-electron chi connectivity index (χ3n) is 3.19. The normalized spacial score (nSPS) is 14.1. The second kappa shape index (κ2) is 5.79. The lowest BCUT2D eigenvalue weighted by Crippen LogP contribution is -2.03. The average Bonchev–Trinajstić information content (AvgIpc) is 3.29. The summed E-state index contributed by atoms with van der Waals surface area (Å²) in [6.07, 6.45) is 2.36. The van der Waals surface area contributed by atoms with Gasteiger partial charge in [0.1, 0.15) is 18.2 Å². The average molecular weight is 334 g/mol. The predicted octanol–water partition coefficient (Wildman–Crippen LogP) is 3.74. The van der Waals surface area contributed by atoms with E-state index in [1.165, 1.54) is 12.8 Å². The van der Waals surface area contributed by atoms with E-state index in [-0.39, 0.29) is 0 Å². The Bertz CT molecular complexity index is 614. The second-order valence-electron chi connectivity index (χ2n) is 4.89. The van der Waals surface area contributed by atoms with Gasteiger partial charge in [-0.15, -0.1) is 0 Å². The Kier molecular flexibility index (Phi) is 3.87. The van der Waals surface area contributed by atoms with Crippen molar-refractivity contribution in [3.8, 4) is 5.88 Å². The first-order valence-corrected chi connectivity index (χ1v) is 7.48. The van der Waals surface area contributed by atoms with Crippen LogP contribution in [-0.4, -0.2) is 17.0 Å². The minimum Gasteiger partial charge on any atom is -0.473 e. The van der Waals surface area contributed by atoms with Gasteiger partial charge in [0, 0.05) is 23.5 Å².